The van der Waals surface area contributed by atoms with Crippen molar-refractivity contribution in [3.63, 3.8) is 0 Å². The minimum atomic E-state index is -0.732. The van der Waals surface area contributed by atoms with Crippen LogP contribution in [-0.2, 0) is 32.0 Å². The maximum Gasteiger partial charge on any atom is 0.242 e. The van der Waals surface area contributed by atoms with Crippen LogP contribution in [0.15, 0.2) is 36.4 Å². The van der Waals surface area contributed by atoms with E-state index in [0.717, 1.165) is 51.3 Å². The third kappa shape index (κ3) is 9.77. The monoisotopic (exact) mass is 792 g/mol. The summed E-state index contributed by atoms with van der Waals surface area (Å²) in [6, 6.07) is 9.46. The van der Waals surface area contributed by atoms with Crippen molar-refractivity contribution in [3.8, 4) is 0 Å². The van der Waals surface area contributed by atoms with Gasteiger partial charge in [0.15, 0.2) is 0 Å². The fourth-order valence-corrected chi connectivity index (χ4v) is 8.39. The highest BCUT2D eigenvalue weighted by atomic mass is 31.1. The number of nitrogens with one attached hydrogen (secondary N) is 5. The molecule has 2 aromatic carbocycles. The molecule has 0 spiro atoms. The number of carbonyl (C=O) groups excluding carboxylic acids is 4. The highest BCUT2D eigenvalue weighted by molar-refractivity contribution is 7.46. The number of nitrogens with two attached hydrogens (primary N) is 1. The number of hydrogen-bond acceptors (Lipinski definition) is 8. The Bertz CT molecular complexity index is 1950. The van der Waals surface area contributed by atoms with E-state index in [1.807, 2.05) is 11.8 Å². The molecule has 1 aromatic heterocycles. The predicted molar refractivity (Wildman–Crippen MR) is 221 cm³/mol. The first-order valence-corrected chi connectivity index (χ1v) is 21.1. The number of likely N-dealkylation sites (N-methyl/N-ethyl adjacent to an activating group) is 2. The number of benzene rings is 2. The van der Waals surface area contributed by atoms with Crippen LogP contribution in [0.5, 0.6) is 0 Å². The fraction of sp³-hybridized carbons (Fsp3) is 0.512. The summed E-state index contributed by atoms with van der Waals surface area (Å²) in [5, 5.41) is 24.1. The summed E-state index contributed by atoms with van der Waals surface area (Å²) < 4.78 is 14.7. The molecule has 5 rings (SSSR count). The standard InChI is InChI=1S/C41H58FN8O5P/c1-7-25-15-26(42)10-12-31(25)33(17-27-9-8-14-49(27)36(52)20-46-40(54)23(2)44-4)38(43)39-34(32-13-11-30(56-6)19-35(32)48-39)18-28-16-29(51)22-50(28)37(53)21-47-41(55)24(3)45-5/h10-13,15,19,23-24,27-29,44-45,48,51,56H,7-9,14,16-18,20-22,43H2,1-6H3,(H,46,54)(H,47,55)/b38-33-/t23-,24-,27-,28-,29-/m0/s1. The number of carbonyl (C=O) groups is 4. The van der Waals surface area contributed by atoms with Crippen LogP contribution < -0.4 is 32.3 Å². The van der Waals surface area contributed by atoms with Crippen LogP contribution in [0.4, 0.5) is 4.39 Å². The van der Waals surface area contributed by atoms with Crippen molar-refractivity contribution in [2.75, 3.05) is 46.9 Å². The van der Waals surface area contributed by atoms with Crippen molar-refractivity contribution in [2.45, 2.75) is 89.6 Å². The molecule has 0 saturated carbocycles. The summed E-state index contributed by atoms with van der Waals surface area (Å²) in [5.74, 6) is -1.38. The molecule has 6 atom stereocenters. The number of aromatic nitrogens is 1. The van der Waals surface area contributed by atoms with Gasteiger partial charge in [-0.05, 0) is 119 Å². The van der Waals surface area contributed by atoms with E-state index in [2.05, 4.69) is 51.1 Å². The number of aromatic amines is 1. The quantitative estimate of drug-likeness (QED) is 0.107. The molecule has 2 aliphatic heterocycles. The number of rotatable bonds is 16. The van der Waals surface area contributed by atoms with E-state index in [1.165, 1.54) is 12.1 Å². The average Bonchev–Trinajstić information content (AvgIpc) is 3.93. The van der Waals surface area contributed by atoms with Gasteiger partial charge in [0.05, 0.1) is 42.7 Å². The third-order valence-electron chi connectivity index (χ3n) is 11.3. The molecule has 3 heterocycles. The largest absolute Gasteiger partial charge is 0.397 e. The second kappa shape index (κ2) is 19.2. The Balaban J connectivity index is 1.56. The van der Waals surface area contributed by atoms with Crippen LogP contribution in [0.25, 0.3) is 22.2 Å². The van der Waals surface area contributed by atoms with Gasteiger partial charge < -0.3 is 46.9 Å². The number of H-pyrrole nitrogens is 1. The van der Waals surface area contributed by atoms with Crippen LogP contribution >= 0.6 is 8.58 Å². The van der Waals surface area contributed by atoms with E-state index >= 15 is 0 Å². The Labute approximate surface area is 330 Å². The van der Waals surface area contributed by atoms with Gasteiger partial charge in [-0.1, -0.05) is 33.7 Å². The van der Waals surface area contributed by atoms with E-state index < -0.39 is 18.2 Å². The highest BCUT2D eigenvalue weighted by Gasteiger charge is 2.36. The van der Waals surface area contributed by atoms with Crippen LogP contribution in [0.3, 0.4) is 0 Å². The number of nitrogens with zero attached hydrogens (tertiary/aromatic N) is 2. The third-order valence-corrected chi connectivity index (χ3v) is 12.2. The molecular weight excluding hydrogens is 734 g/mol. The lowest BCUT2D eigenvalue weighted by molar-refractivity contribution is -0.134. The molecule has 3 aromatic rings. The molecular formula is C41H58FN8O5P. The average molecular weight is 793 g/mol. The van der Waals surface area contributed by atoms with Crippen LogP contribution in [0, 0.1) is 5.82 Å². The number of fused-ring (bicyclic) bond motifs is 1. The first-order chi connectivity index (χ1) is 26.8. The topological polar surface area (TPSA) is 185 Å². The van der Waals surface area contributed by atoms with Crippen molar-refractivity contribution in [1.82, 2.24) is 36.1 Å². The van der Waals surface area contributed by atoms with Crippen LogP contribution in [0.2, 0.25) is 0 Å². The zero-order chi connectivity index (χ0) is 40.7. The molecule has 2 fully saturated rings. The molecule has 304 valence electrons. The van der Waals surface area contributed by atoms with Gasteiger partial charge in [0, 0.05) is 36.1 Å². The zero-order valence-electron chi connectivity index (χ0n) is 33.4. The van der Waals surface area contributed by atoms with Crippen molar-refractivity contribution < 1.29 is 28.7 Å². The first kappa shape index (κ1) is 42.8. The molecule has 0 radical (unpaired) electrons. The minimum absolute atomic E-state index is 0.125. The normalized spacial score (nSPS) is 20.1. The van der Waals surface area contributed by atoms with Crippen LogP contribution in [-0.4, -0.2) is 121 Å². The summed E-state index contributed by atoms with van der Waals surface area (Å²) in [6.07, 6.45) is 2.46. The maximum atomic E-state index is 14.7. The number of aryl methyl sites for hydroxylation is 1. The molecule has 2 saturated heterocycles. The van der Waals surface area contributed by atoms with Gasteiger partial charge >= 0.3 is 0 Å². The van der Waals surface area contributed by atoms with Crippen molar-refractivity contribution >= 4 is 59.7 Å². The Hall–Kier alpha value is -4.36. The molecule has 15 heteroatoms. The molecule has 4 amide bonds. The van der Waals surface area contributed by atoms with E-state index in [1.54, 1.807) is 38.9 Å². The number of amides is 4. The molecule has 2 aliphatic rings. The van der Waals surface area contributed by atoms with E-state index in [-0.39, 0.29) is 61.2 Å². The summed E-state index contributed by atoms with van der Waals surface area (Å²) in [6.45, 7) is 7.88. The predicted octanol–water partition coefficient (Wildman–Crippen LogP) is 1.96. The number of β-amino-alcohol motifs (C(OH)–C–C–N with tert-alkyl or cyclic N) is 1. The smallest absolute Gasteiger partial charge is 0.242 e. The Kier molecular flexibility index (Phi) is 14.7. The molecule has 13 nitrogen and oxygen atoms in total. The molecule has 0 aliphatic carbocycles. The zero-order valence-corrected chi connectivity index (χ0v) is 34.4. The minimum Gasteiger partial charge on any atom is -0.397 e. The number of aliphatic hydroxyl groups is 1. The molecule has 0 bridgehead atoms. The van der Waals surface area contributed by atoms with E-state index in [0.29, 0.717) is 52.2 Å². The Morgan fingerprint density at radius 1 is 0.982 bits per heavy atom. The van der Waals surface area contributed by atoms with Crippen LogP contribution in [0.1, 0.15) is 68.8 Å². The second-order valence-corrected chi connectivity index (χ2v) is 16.0. The van der Waals surface area contributed by atoms with Gasteiger partial charge in [0.2, 0.25) is 23.6 Å². The van der Waals surface area contributed by atoms with Gasteiger partial charge in [0.1, 0.15) is 5.82 Å². The maximum absolute atomic E-state index is 14.7. The first-order valence-electron chi connectivity index (χ1n) is 19.6. The van der Waals surface area contributed by atoms with Gasteiger partial charge in [0.25, 0.3) is 0 Å². The summed E-state index contributed by atoms with van der Waals surface area (Å²) in [5.41, 5.74) is 12.6. The second-order valence-electron chi connectivity index (χ2n) is 14.9. The number of likely N-dealkylation sites (tertiary alicyclic amines) is 2. The lowest BCUT2D eigenvalue weighted by atomic mass is 9.89. The van der Waals surface area contributed by atoms with E-state index in [9.17, 15) is 28.7 Å². The lowest BCUT2D eigenvalue weighted by Crippen LogP contribution is -2.47. The number of halogens is 1. The molecule has 8 N–H and O–H groups in total. The van der Waals surface area contributed by atoms with E-state index in [4.69, 9.17) is 5.73 Å². The summed E-state index contributed by atoms with van der Waals surface area (Å²) in [7, 11) is 3.91. The van der Waals surface area contributed by atoms with Crippen molar-refractivity contribution in [3.05, 3.63) is 64.6 Å². The van der Waals surface area contributed by atoms with Gasteiger partial charge in [-0.2, -0.15) is 0 Å². The fourth-order valence-electron chi connectivity index (χ4n) is 7.85. The lowest BCUT2D eigenvalue weighted by Gasteiger charge is -2.28. The molecule has 1 unspecified atom stereocenters. The van der Waals surface area contributed by atoms with Gasteiger partial charge in [-0.15, -0.1) is 0 Å². The van der Waals surface area contributed by atoms with Gasteiger partial charge in [-0.3, -0.25) is 19.2 Å². The Morgan fingerprint density at radius 3 is 2.27 bits per heavy atom. The highest BCUT2D eigenvalue weighted by Crippen LogP contribution is 2.38. The molecule has 56 heavy (non-hydrogen) atoms. The summed E-state index contributed by atoms with van der Waals surface area (Å²) in [4.78, 5) is 59.1. The Morgan fingerprint density at radius 2 is 1.64 bits per heavy atom. The van der Waals surface area contributed by atoms with Crippen molar-refractivity contribution in [2.24, 2.45) is 5.73 Å². The number of aliphatic hydroxyl groups excluding tert-OH is 1. The number of hydrogen-bond donors (Lipinski definition) is 7. The van der Waals surface area contributed by atoms with Gasteiger partial charge in [-0.25, -0.2) is 4.39 Å². The summed E-state index contributed by atoms with van der Waals surface area (Å²) >= 11 is 0. The SMILES string of the molecule is CCc1cc(F)ccc1/C(C[C@@H]1CCCN1C(=O)CNC(=O)[C@H](C)NC)=C(\N)c1[nH]c2cc(PC)ccc2c1C[C@@H]1C[C@H](O)CN1C(=O)CNC(=O)[C@H](C)NC. The van der Waals surface area contributed by atoms with Crippen molar-refractivity contribution in [1.29, 1.82) is 0 Å².